The van der Waals surface area contributed by atoms with Crippen molar-refractivity contribution < 1.29 is 28.8 Å². The van der Waals surface area contributed by atoms with Crippen LogP contribution in [-0.2, 0) is 24.0 Å². The fourth-order valence-electron chi connectivity index (χ4n) is 7.75. The lowest BCUT2D eigenvalue weighted by Crippen LogP contribution is -2.63. The Morgan fingerprint density at radius 2 is 1.70 bits per heavy atom. The predicted octanol–water partition coefficient (Wildman–Crippen LogP) is 1.92. The molecule has 3 aliphatic carbocycles. The highest BCUT2D eigenvalue weighted by Gasteiger charge is 2.70. The highest BCUT2D eigenvalue weighted by Crippen LogP contribution is 2.65. The highest BCUT2D eigenvalue weighted by molar-refractivity contribution is 6.38. The predicted molar refractivity (Wildman–Crippen MR) is 184 cm³/mol. The molecule has 0 spiro atoms. The van der Waals surface area contributed by atoms with Crippen molar-refractivity contribution in [2.45, 2.75) is 123 Å². The Morgan fingerprint density at radius 3 is 2.30 bits per heavy atom. The van der Waals surface area contributed by atoms with E-state index in [1.807, 2.05) is 34.6 Å². The largest absolute Gasteiger partial charge is 0.347 e. The van der Waals surface area contributed by atoms with E-state index in [1.54, 1.807) is 0 Å². The summed E-state index contributed by atoms with van der Waals surface area (Å²) >= 11 is 0. The number of Topliss-reactive ketones (excluding diaryl/α,β-unsaturated/α-hetero) is 1. The highest BCUT2D eigenvalue weighted by atomic mass is 16.2. The summed E-state index contributed by atoms with van der Waals surface area (Å²) in [6.07, 6.45) is 15.9. The zero-order valence-corrected chi connectivity index (χ0v) is 29.8. The average Bonchev–Trinajstić information content (AvgIpc) is 3.94. The van der Waals surface area contributed by atoms with Crippen LogP contribution in [0.25, 0.3) is 0 Å². The lowest BCUT2D eigenvalue weighted by molar-refractivity contribution is -0.147. The molecule has 0 radical (unpaired) electrons. The molecule has 4 aliphatic rings. The molecule has 50 heavy (non-hydrogen) atoms. The number of hydrogen-bond acceptors (Lipinski definition) is 8. The van der Waals surface area contributed by atoms with Crippen molar-refractivity contribution in [3.8, 4) is 12.3 Å². The normalized spacial score (nSPS) is 24.4. The van der Waals surface area contributed by atoms with Crippen LogP contribution >= 0.6 is 0 Å². The molecule has 0 aromatic carbocycles. The van der Waals surface area contributed by atoms with Crippen LogP contribution in [0.15, 0.2) is 18.6 Å². The van der Waals surface area contributed by atoms with Crippen LogP contribution in [0, 0.1) is 40.9 Å². The molecule has 1 saturated heterocycles. The SMILES string of the molecule is C#CCCC(NC(=O)[C@@H]1[C@@H]2[C@H](CN1C(=O)[C@@H](NC(=O)[C@@H](NC(=O)c1cnccn1)C1CCCCC1)C(C)(C)C)C2(C)C)C(=O)C(=O)NC1CC1. The van der Waals surface area contributed by atoms with Crippen molar-refractivity contribution in [3.05, 3.63) is 24.3 Å². The first-order valence-electron chi connectivity index (χ1n) is 17.9. The first-order chi connectivity index (χ1) is 23.6. The zero-order valence-electron chi connectivity index (χ0n) is 29.8. The molecule has 4 fully saturated rings. The summed E-state index contributed by atoms with van der Waals surface area (Å²) in [4.78, 5) is 91.4. The number of amides is 5. The van der Waals surface area contributed by atoms with Crippen molar-refractivity contribution in [1.29, 1.82) is 0 Å². The second kappa shape index (κ2) is 14.9. The van der Waals surface area contributed by atoms with E-state index in [9.17, 15) is 28.8 Å². The van der Waals surface area contributed by atoms with E-state index in [-0.39, 0.29) is 47.7 Å². The Labute approximate surface area is 294 Å². The van der Waals surface area contributed by atoms with E-state index in [2.05, 4.69) is 37.2 Å². The summed E-state index contributed by atoms with van der Waals surface area (Å²) in [7, 11) is 0. The van der Waals surface area contributed by atoms with Crippen LogP contribution in [0.1, 0.15) is 103 Å². The van der Waals surface area contributed by atoms with Gasteiger partial charge in [-0.15, -0.1) is 12.3 Å². The maximum absolute atomic E-state index is 14.6. The molecule has 1 aliphatic heterocycles. The van der Waals surface area contributed by atoms with Crippen LogP contribution in [0.2, 0.25) is 0 Å². The van der Waals surface area contributed by atoms with Crippen molar-refractivity contribution in [3.63, 3.8) is 0 Å². The molecule has 5 rings (SSSR count). The summed E-state index contributed by atoms with van der Waals surface area (Å²) in [6.45, 7) is 9.92. The third kappa shape index (κ3) is 8.16. The summed E-state index contributed by atoms with van der Waals surface area (Å²) in [6, 6.07) is -4.02. The Kier molecular flexibility index (Phi) is 11.0. The van der Waals surface area contributed by atoms with Crippen LogP contribution < -0.4 is 21.3 Å². The molecule has 4 N–H and O–H groups in total. The van der Waals surface area contributed by atoms with E-state index in [1.165, 1.54) is 23.5 Å². The van der Waals surface area contributed by atoms with Crippen molar-refractivity contribution in [1.82, 2.24) is 36.1 Å². The molecular formula is C37H51N7O6. The molecular weight excluding hydrogens is 638 g/mol. The minimum Gasteiger partial charge on any atom is -0.347 e. The van der Waals surface area contributed by atoms with Gasteiger partial charge in [0.05, 0.1) is 12.2 Å². The van der Waals surface area contributed by atoms with Crippen molar-refractivity contribution in [2.24, 2.45) is 28.6 Å². The smallest absolute Gasteiger partial charge is 0.289 e. The second-order valence-corrected chi connectivity index (χ2v) is 16.1. The second-order valence-electron chi connectivity index (χ2n) is 16.1. The first kappa shape index (κ1) is 36.9. The number of rotatable bonds is 13. The standard InChI is InChI=1S/C37H51N7O6/c1-7-8-14-24(29(45)34(49)40-22-15-16-22)41-33(48)28-26-23(37(26,5)6)20-44(28)35(50)30(36(2,3)4)43-32(47)27(21-12-10-9-11-13-21)42-31(46)25-19-38-17-18-39-25/h1,17-19,21-24,26-28,30H,8-16,20H2,2-6H3,(H,40,49)(H,41,48)(H,42,46)(H,43,47)/t23-,24?,26-,27-,28-,30+/m0/s1. The van der Waals surface area contributed by atoms with E-state index < -0.39 is 64.9 Å². The summed E-state index contributed by atoms with van der Waals surface area (Å²) in [5.41, 5.74) is -0.910. The summed E-state index contributed by atoms with van der Waals surface area (Å²) in [5.74, 6) is -1.26. The van der Waals surface area contributed by atoms with Gasteiger partial charge in [-0.05, 0) is 60.7 Å². The van der Waals surface area contributed by atoms with Gasteiger partial charge in [0.1, 0.15) is 23.8 Å². The van der Waals surface area contributed by atoms with Gasteiger partial charge in [-0.3, -0.25) is 33.8 Å². The maximum atomic E-state index is 14.6. The molecule has 3 saturated carbocycles. The number of likely N-dealkylation sites (tertiary alicyclic amines) is 1. The van der Waals surface area contributed by atoms with Crippen LogP contribution in [-0.4, -0.2) is 86.9 Å². The van der Waals surface area contributed by atoms with E-state index in [4.69, 9.17) is 6.42 Å². The van der Waals surface area contributed by atoms with E-state index in [0.29, 0.717) is 6.54 Å². The summed E-state index contributed by atoms with van der Waals surface area (Å²) < 4.78 is 0. The number of carbonyl (C=O) groups excluding carboxylic acids is 6. The fourth-order valence-corrected chi connectivity index (χ4v) is 7.75. The Balaban J connectivity index is 1.36. The molecule has 270 valence electrons. The molecule has 1 aromatic rings. The third-order valence-electron chi connectivity index (χ3n) is 11.0. The van der Waals surface area contributed by atoms with Gasteiger partial charge in [0.25, 0.3) is 11.8 Å². The minimum atomic E-state index is -1.14. The number of ketones is 1. The topological polar surface area (TPSA) is 180 Å². The molecule has 2 heterocycles. The number of terminal acetylenes is 1. The van der Waals surface area contributed by atoms with Gasteiger partial charge in [0, 0.05) is 31.4 Å². The van der Waals surface area contributed by atoms with Crippen LogP contribution in [0.4, 0.5) is 0 Å². The van der Waals surface area contributed by atoms with Crippen molar-refractivity contribution >= 4 is 35.3 Å². The van der Waals surface area contributed by atoms with Gasteiger partial charge in [-0.25, -0.2) is 4.98 Å². The van der Waals surface area contributed by atoms with E-state index in [0.717, 1.165) is 44.9 Å². The zero-order chi connectivity index (χ0) is 36.4. The molecule has 13 nitrogen and oxygen atoms in total. The molecule has 6 atom stereocenters. The number of carbonyl (C=O) groups is 6. The number of hydrogen-bond donors (Lipinski definition) is 4. The van der Waals surface area contributed by atoms with Crippen LogP contribution in [0.5, 0.6) is 0 Å². The monoisotopic (exact) mass is 689 g/mol. The third-order valence-corrected chi connectivity index (χ3v) is 11.0. The Morgan fingerprint density at radius 1 is 1.00 bits per heavy atom. The lowest BCUT2D eigenvalue weighted by Gasteiger charge is -2.39. The van der Waals surface area contributed by atoms with Crippen molar-refractivity contribution in [2.75, 3.05) is 6.54 Å². The van der Waals surface area contributed by atoms with E-state index >= 15 is 0 Å². The summed E-state index contributed by atoms with van der Waals surface area (Å²) in [5, 5.41) is 11.3. The van der Waals surface area contributed by atoms with Gasteiger partial charge in [-0.1, -0.05) is 53.9 Å². The van der Waals surface area contributed by atoms with Gasteiger partial charge in [0.2, 0.25) is 23.5 Å². The molecule has 0 bridgehead atoms. The Bertz CT molecular complexity index is 1520. The molecule has 1 aromatic heterocycles. The van der Waals surface area contributed by atoms with Gasteiger partial charge < -0.3 is 26.2 Å². The number of nitrogens with zero attached hydrogens (tertiary/aromatic N) is 3. The average molecular weight is 690 g/mol. The molecule has 1 unspecified atom stereocenters. The molecule has 5 amide bonds. The number of piperidine rings is 1. The maximum Gasteiger partial charge on any atom is 0.289 e. The van der Waals surface area contributed by atoms with Crippen LogP contribution in [0.3, 0.4) is 0 Å². The lowest BCUT2D eigenvalue weighted by atomic mass is 9.82. The number of nitrogens with one attached hydrogen (secondary N) is 4. The quantitative estimate of drug-likeness (QED) is 0.179. The minimum absolute atomic E-state index is 0.0333. The van der Waals surface area contributed by atoms with Gasteiger partial charge >= 0.3 is 0 Å². The number of aromatic nitrogens is 2. The van der Waals surface area contributed by atoms with Gasteiger partial charge in [-0.2, -0.15) is 0 Å². The fraction of sp³-hybridized carbons (Fsp3) is 0.676. The van der Waals surface area contributed by atoms with Gasteiger partial charge in [0.15, 0.2) is 0 Å². The Hall–Kier alpha value is -4.34. The first-order valence-corrected chi connectivity index (χ1v) is 17.9. The number of fused-ring (bicyclic) bond motifs is 1. The molecule has 13 heteroatoms.